The molecular formula is C21H20N4O2S2. The van der Waals surface area contributed by atoms with E-state index in [1.165, 1.54) is 10.4 Å². The van der Waals surface area contributed by atoms with Crippen LogP contribution in [0.2, 0.25) is 0 Å². The first-order chi connectivity index (χ1) is 14.0. The topological polar surface area (TPSA) is 69.0 Å². The fourth-order valence-electron chi connectivity index (χ4n) is 3.89. The number of aryl methyl sites for hydroxylation is 2. The largest absolute Gasteiger partial charge is 0.494 e. The SMILES string of the molecule is CCOc1ccc2nc(-n3nc(C)c4c3NC(=O)CC4c3sccc3C)sc2c1. The highest BCUT2D eigenvalue weighted by Crippen LogP contribution is 2.43. The number of nitrogens with one attached hydrogen (secondary N) is 1. The predicted octanol–water partition coefficient (Wildman–Crippen LogP) is 5.03. The molecule has 1 aliphatic rings. The van der Waals surface area contributed by atoms with Gasteiger partial charge in [0.15, 0.2) is 0 Å². The minimum atomic E-state index is 0.0104. The summed E-state index contributed by atoms with van der Waals surface area (Å²) in [6, 6.07) is 7.99. The van der Waals surface area contributed by atoms with Crippen LogP contribution in [0.4, 0.5) is 5.82 Å². The second-order valence-electron chi connectivity index (χ2n) is 7.09. The Hall–Kier alpha value is -2.71. The fourth-order valence-corrected chi connectivity index (χ4v) is 5.88. The Morgan fingerprint density at radius 3 is 2.93 bits per heavy atom. The Balaban J connectivity index is 1.64. The van der Waals surface area contributed by atoms with Crippen LogP contribution in [-0.2, 0) is 4.79 Å². The molecule has 29 heavy (non-hydrogen) atoms. The number of hydrogen-bond acceptors (Lipinski definition) is 6. The quantitative estimate of drug-likeness (QED) is 0.499. The molecule has 8 heteroatoms. The first-order valence-corrected chi connectivity index (χ1v) is 11.2. The highest BCUT2D eigenvalue weighted by molar-refractivity contribution is 7.20. The lowest BCUT2D eigenvalue weighted by Crippen LogP contribution is -2.24. The number of fused-ring (bicyclic) bond motifs is 2. The van der Waals surface area contributed by atoms with Gasteiger partial charge in [-0.1, -0.05) is 11.3 Å². The normalized spacial score (nSPS) is 16.1. The maximum Gasteiger partial charge on any atom is 0.226 e. The standard InChI is InChI=1S/C21H20N4O2S2/c1-4-27-13-5-6-15-16(9-13)29-21(22-15)25-20-18(12(3)24-25)14(10-17(26)23-20)19-11(2)7-8-28-19/h5-9,14H,4,10H2,1-3H3,(H,23,26). The number of amides is 1. The van der Waals surface area contributed by atoms with Crippen LogP contribution in [0.1, 0.15) is 41.0 Å². The van der Waals surface area contributed by atoms with Crippen molar-refractivity contribution in [2.24, 2.45) is 0 Å². The van der Waals surface area contributed by atoms with Gasteiger partial charge in [0.05, 0.1) is 22.5 Å². The summed E-state index contributed by atoms with van der Waals surface area (Å²) in [7, 11) is 0. The van der Waals surface area contributed by atoms with Crippen LogP contribution >= 0.6 is 22.7 Å². The third-order valence-electron chi connectivity index (χ3n) is 5.16. The molecule has 0 bridgehead atoms. The summed E-state index contributed by atoms with van der Waals surface area (Å²) in [5, 5.41) is 10.6. The lowest BCUT2D eigenvalue weighted by Gasteiger charge is -2.23. The number of hydrogen-bond donors (Lipinski definition) is 1. The van der Waals surface area contributed by atoms with Crippen molar-refractivity contribution in [2.75, 3.05) is 11.9 Å². The first kappa shape index (κ1) is 18.3. The number of aromatic nitrogens is 3. The van der Waals surface area contributed by atoms with Crippen molar-refractivity contribution in [1.29, 1.82) is 0 Å². The number of ether oxygens (including phenoxy) is 1. The van der Waals surface area contributed by atoms with Gasteiger partial charge in [-0.25, -0.2) is 4.98 Å². The number of thiazole rings is 1. The Bertz CT molecular complexity index is 1240. The van der Waals surface area contributed by atoms with Gasteiger partial charge in [0.2, 0.25) is 11.0 Å². The molecule has 1 atom stereocenters. The van der Waals surface area contributed by atoms with Crippen LogP contribution in [0.5, 0.6) is 5.75 Å². The van der Waals surface area contributed by atoms with Crippen LogP contribution in [0, 0.1) is 13.8 Å². The number of thiophene rings is 1. The molecule has 1 aromatic carbocycles. The van der Waals surface area contributed by atoms with Crippen molar-refractivity contribution in [3.05, 3.63) is 51.3 Å². The van der Waals surface area contributed by atoms with Crippen LogP contribution < -0.4 is 10.1 Å². The van der Waals surface area contributed by atoms with E-state index < -0.39 is 0 Å². The molecule has 1 amide bonds. The van der Waals surface area contributed by atoms with Crippen LogP contribution in [-0.4, -0.2) is 27.3 Å². The van der Waals surface area contributed by atoms with Gasteiger partial charge >= 0.3 is 0 Å². The highest BCUT2D eigenvalue weighted by Gasteiger charge is 2.34. The molecule has 3 aromatic heterocycles. The number of anilines is 1. The van der Waals surface area contributed by atoms with E-state index in [2.05, 4.69) is 23.7 Å². The summed E-state index contributed by atoms with van der Waals surface area (Å²) >= 11 is 3.24. The summed E-state index contributed by atoms with van der Waals surface area (Å²) in [4.78, 5) is 18.5. The van der Waals surface area contributed by atoms with Crippen LogP contribution in [0.3, 0.4) is 0 Å². The summed E-state index contributed by atoms with van der Waals surface area (Å²) < 4.78 is 8.41. The molecule has 5 rings (SSSR count). The monoisotopic (exact) mass is 424 g/mol. The van der Waals surface area contributed by atoms with Crippen LogP contribution in [0.15, 0.2) is 29.6 Å². The van der Waals surface area contributed by atoms with E-state index in [0.717, 1.165) is 38.2 Å². The van der Waals surface area contributed by atoms with Gasteiger partial charge in [-0.05, 0) is 56.0 Å². The third kappa shape index (κ3) is 3.03. The summed E-state index contributed by atoms with van der Waals surface area (Å²) in [6.07, 6.45) is 0.443. The summed E-state index contributed by atoms with van der Waals surface area (Å²) in [5.74, 6) is 1.61. The minimum Gasteiger partial charge on any atom is -0.494 e. The fraction of sp³-hybridized carbons (Fsp3) is 0.286. The molecule has 0 fully saturated rings. The van der Waals surface area contributed by atoms with E-state index in [4.69, 9.17) is 14.8 Å². The van der Waals surface area contributed by atoms with Gasteiger partial charge in [-0.3, -0.25) is 4.79 Å². The lowest BCUT2D eigenvalue weighted by atomic mass is 9.89. The molecule has 0 saturated carbocycles. The molecule has 1 unspecified atom stereocenters. The smallest absolute Gasteiger partial charge is 0.226 e. The van der Waals surface area contributed by atoms with Crippen molar-refractivity contribution in [2.45, 2.75) is 33.1 Å². The molecule has 1 N–H and O–H groups in total. The van der Waals surface area contributed by atoms with Gasteiger partial charge in [0, 0.05) is 22.8 Å². The Morgan fingerprint density at radius 2 is 2.17 bits per heavy atom. The lowest BCUT2D eigenvalue weighted by molar-refractivity contribution is -0.116. The first-order valence-electron chi connectivity index (χ1n) is 9.52. The molecule has 148 valence electrons. The average Bonchev–Trinajstić information content (AvgIpc) is 3.38. The van der Waals surface area contributed by atoms with Crippen molar-refractivity contribution in [3.8, 4) is 10.9 Å². The molecule has 4 heterocycles. The summed E-state index contributed by atoms with van der Waals surface area (Å²) in [5.41, 5.74) is 4.12. The second-order valence-corrected chi connectivity index (χ2v) is 9.05. The Morgan fingerprint density at radius 1 is 1.31 bits per heavy atom. The van der Waals surface area contributed by atoms with Crippen molar-refractivity contribution in [3.63, 3.8) is 0 Å². The number of carbonyl (C=O) groups excluding carboxylic acids is 1. The Kier molecular flexibility index (Phi) is 4.40. The van der Waals surface area contributed by atoms with E-state index in [1.54, 1.807) is 27.4 Å². The number of carbonyl (C=O) groups is 1. The minimum absolute atomic E-state index is 0.0104. The van der Waals surface area contributed by atoms with Crippen molar-refractivity contribution >= 4 is 44.6 Å². The third-order valence-corrected chi connectivity index (χ3v) is 7.29. The van der Waals surface area contributed by atoms with E-state index in [1.807, 2.05) is 32.0 Å². The van der Waals surface area contributed by atoms with E-state index >= 15 is 0 Å². The average molecular weight is 425 g/mol. The van der Waals surface area contributed by atoms with Gasteiger partial charge in [-0.15, -0.1) is 11.3 Å². The predicted molar refractivity (Wildman–Crippen MR) is 117 cm³/mol. The second kappa shape index (κ2) is 6.96. The molecule has 0 aliphatic carbocycles. The van der Waals surface area contributed by atoms with Crippen LogP contribution in [0.25, 0.3) is 15.3 Å². The van der Waals surface area contributed by atoms with Gasteiger partial charge in [-0.2, -0.15) is 9.78 Å². The number of rotatable bonds is 4. The van der Waals surface area contributed by atoms with Crippen molar-refractivity contribution < 1.29 is 9.53 Å². The van der Waals surface area contributed by atoms with Gasteiger partial charge < -0.3 is 10.1 Å². The maximum absolute atomic E-state index is 12.5. The molecule has 1 aliphatic heterocycles. The molecule has 6 nitrogen and oxygen atoms in total. The zero-order valence-electron chi connectivity index (χ0n) is 16.4. The molecular weight excluding hydrogens is 404 g/mol. The van der Waals surface area contributed by atoms with Crippen molar-refractivity contribution in [1.82, 2.24) is 14.8 Å². The van der Waals surface area contributed by atoms with E-state index in [9.17, 15) is 4.79 Å². The maximum atomic E-state index is 12.5. The van der Waals surface area contributed by atoms with E-state index in [0.29, 0.717) is 13.0 Å². The zero-order valence-corrected chi connectivity index (χ0v) is 18.0. The zero-order chi connectivity index (χ0) is 20.1. The Labute approximate surface area is 176 Å². The summed E-state index contributed by atoms with van der Waals surface area (Å²) in [6.45, 7) is 6.69. The number of nitrogens with zero attached hydrogens (tertiary/aromatic N) is 3. The molecule has 4 aromatic rings. The number of benzene rings is 1. The highest BCUT2D eigenvalue weighted by atomic mass is 32.1. The molecule has 0 saturated heterocycles. The molecule has 0 spiro atoms. The molecule has 0 radical (unpaired) electrons. The van der Waals surface area contributed by atoms with Gasteiger partial charge in [0.25, 0.3) is 0 Å². The van der Waals surface area contributed by atoms with Gasteiger partial charge in [0.1, 0.15) is 11.6 Å². The van der Waals surface area contributed by atoms with E-state index in [-0.39, 0.29) is 11.8 Å².